The Morgan fingerprint density at radius 3 is 1.08 bits per heavy atom. The van der Waals surface area contributed by atoms with E-state index in [1.807, 2.05) is 225 Å². The lowest BCUT2D eigenvalue weighted by molar-refractivity contribution is 0.0516. The number of halogens is 2. The van der Waals surface area contributed by atoms with E-state index < -0.39 is 5.67 Å². The van der Waals surface area contributed by atoms with Crippen LogP contribution in [0.4, 0.5) is 8.78 Å². The van der Waals surface area contributed by atoms with Crippen molar-refractivity contribution in [3.8, 4) is 34.5 Å². The maximum atomic E-state index is 13.7. The molecule has 6 aromatic carbocycles. The number of benzene rings is 6. The number of para-hydroxylation sites is 5. The number of aromatic nitrogens is 12. The van der Waals surface area contributed by atoms with Gasteiger partial charge in [0.1, 0.15) is 154 Å². The van der Waals surface area contributed by atoms with E-state index in [9.17, 15) is 37.5 Å². The topological polar surface area (TPSA) is 284 Å². The van der Waals surface area contributed by atoms with Crippen molar-refractivity contribution >= 4 is 35.4 Å². The van der Waals surface area contributed by atoms with Crippen LogP contribution in [-0.2, 0) is 72.4 Å². The minimum atomic E-state index is -1.14. The molecular weight excluding hydrogens is 1820 g/mol. The Kier molecular flexibility index (Phi) is 31.2. The first kappa shape index (κ1) is 97.9. The number of ether oxygens (including phenoxy) is 6. The Labute approximate surface area is 833 Å². The molecule has 6 amide bonds. The molecule has 12 heterocycles. The molecule has 24 rings (SSSR count). The van der Waals surface area contributed by atoms with E-state index in [-0.39, 0.29) is 65.9 Å². The fraction of sp³-hybridized carbons (Fsp3) is 0.459. The summed E-state index contributed by atoms with van der Waals surface area (Å²) in [5, 5.41) is 27.1. The second-order valence-corrected chi connectivity index (χ2v) is 40.1. The molecule has 6 aliphatic heterocycles. The molecule has 750 valence electrons. The molecule has 0 radical (unpaired) electrons. The lowest BCUT2D eigenvalue weighted by Crippen LogP contribution is -2.49. The predicted octanol–water partition coefficient (Wildman–Crippen LogP) is 18.0. The normalized spacial score (nSPS) is 20.2. The maximum absolute atomic E-state index is 13.7. The Morgan fingerprint density at radius 1 is 0.308 bits per heavy atom. The standard InChI is InChI=1S/3C19H23N3O2.C18H19F2N3O2.2C18H21N3O2/c1-14-11-22-18(19(23)21(14)12-15-6-5-7-15)10-16(20-22)13-24-17-8-3-2-4-9-17;1-14-11-21(12-15-6-5-7-15)19(23)18-10-16(20-22(14)18)13-24-17-8-3-2-4-9-17;23-19-18-13-15(14-24-17-9-5-2-6-10-17)20-22(18)12-11-21(19)16-7-3-1-4-8-16;1-18(20)9-12(18)10-22-5-6-23-16(17(22)24)8-14(21-23)11-25-15-4-2-3-13(19)7-15;22-18-17-12-14(13-23-16-8-2-1-3-9-16)19-21(17)11-10-20(18)15-6-4-5-7-15;22-18-17-11-15(13-23-16-5-2-1-3-6-16)19-21(17)10-4-9-20(18)12-14-7-8-14/h2*2-4,8-10,14-15H,5-7,11-13H2,1H3;2,5-6,9-10,13,16H,1,3-4,7-8,11-12,14H2;2-4,7-8,12H,5-6,9-11H2,1H3;1-3,8-9,12,15H,4-7,10-11,13H2;1-3,5-6,11,14H,4,7-10,12-13H2/t14-;;;12-,18?;;/m1..0../s1. The number of nitrogens with zero attached hydrogens (tertiary/aromatic N) is 18. The number of fused-ring (bicyclic) bond motifs is 6. The number of carbonyl (C=O) groups is 6. The van der Waals surface area contributed by atoms with Gasteiger partial charge in [0.2, 0.25) is 0 Å². The molecule has 0 N–H and O–H groups in total. The minimum Gasteiger partial charge on any atom is -0.487 e. The summed E-state index contributed by atoms with van der Waals surface area (Å²) >= 11 is 0. The van der Waals surface area contributed by atoms with Gasteiger partial charge in [0.05, 0.1) is 32.2 Å². The van der Waals surface area contributed by atoms with Gasteiger partial charge >= 0.3 is 0 Å². The van der Waals surface area contributed by atoms with Gasteiger partial charge in [0.15, 0.2) is 0 Å². The van der Waals surface area contributed by atoms with Gasteiger partial charge < -0.3 is 57.8 Å². The van der Waals surface area contributed by atoms with E-state index in [0.717, 1.165) is 161 Å². The largest absolute Gasteiger partial charge is 0.487 e. The zero-order chi connectivity index (χ0) is 98.3. The van der Waals surface area contributed by atoms with Crippen LogP contribution in [0.15, 0.2) is 212 Å². The van der Waals surface area contributed by atoms with Crippen molar-refractivity contribution in [3.05, 3.63) is 286 Å². The highest BCUT2D eigenvalue weighted by molar-refractivity contribution is 5.96. The summed E-state index contributed by atoms with van der Waals surface area (Å²) in [5.41, 5.74) is 7.51. The summed E-state index contributed by atoms with van der Waals surface area (Å²) in [6, 6.07) is 66.7. The van der Waals surface area contributed by atoms with Crippen molar-refractivity contribution in [1.29, 1.82) is 0 Å². The SMILES string of the molecule is CC1(F)C[C@H]1CN1CCn2nc(COc3cccc(F)c3)cc2C1=O.CC1CN(CC2CCC2)C(=O)c2cc(COc3ccccc3)nn21.C[C@@H]1Cn2nc(COc3ccccc3)cc2C(=O)N1CC1CCC1.O=C1c2cc(COc3ccccc3)nn2CCCN1CC1CC1.O=C1c2cc(COc3ccccc3)nn2CCN1C1CCCC1.O=C1c2cc(COc3ccccc3)nn2CCN1C1CCCCC1. The summed E-state index contributed by atoms with van der Waals surface area (Å²) < 4.78 is 72.0. The molecular formula is C111H130F2N18O12. The molecule has 12 aromatic rings. The van der Waals surface area contributed by atoms with Gasteiger partial charge in [0.25, 0.3) is 35.4 Å². The van der Waals surface area contributed by atoms with E-state index in [1.165, 1.54) is 95.6 Å². The Balaban J connectivity index is 0.000000109. The molecule has 12 aliphatic rings. The van der Waals surface area contributed by atoms with Crippen molar-refractivity contribution in [2.24, 2.45) is 23.7 Å². The van der Waals surface area contributed by atoms with Gasteiger partial charge in [-0.3, -0.25) is 56.9 Å². The van der Waals surface area contributed by atoms with Crippen molar-refractivity contribution < 1.29 is 66.0 Å². The van der Waals surface area contributed by atoms with Crippen LogP contribution in [0, 0.1) is 29.5 Å². The van der Waals surface area contributed by atoms with Gasteiger partial charge in [-0.1, -0.05) is 142 Å². The summed E-state index contributed by atoms with van der Waals surface area (Å²) in [6.45, 7) is 18.4. The molecule has 143 heavy (non-hydrogen) atoms. The quantitative estimate of drug-likeness (QED) is 0.0440. The highest BCUT2D eigenvalue weighted by atomic mass is 19.1. The lowest BCUT2D eigenvalue weighted by Gasteiger charge is -2.38. The van der Waals surface area contributed by atoms with E-state index in [1.54, 1.807) is 34.7 Å². The second kappa shape index (κ2) is 45.5. The van der Waals surface area contributed by atoms with Gasteiger partial charge in [-0.05, 0) is 225 Å². The third-order valence-electron chi connectivity index (χ3n) is 29.2. The van der Waals surface area contributed by atoms with Crippen LogP contribution in [0.5, 0.6) is 34.5 Å². The molecule has 6 aromatic heterocycles. The second-order valence-electron chi connectivity index (χ2n) is 40.1. The van der Waals surface area contributed by atoms with E-state index in [4.69, 9.17) is 28.4 Å². The van der Waals surface area contributed by atoms with Crippen LogP contribution in [0.1, 0.15) is 246 Å². The third kappa shape index (κ3) is 24.9. The molecule has 4 atom stereocenters. The summed E-state index contributed by atoms with van der Waals surface area (Å²) in [5.74, 6) is 6.62. The molecule has 2 unspecified atom stereocenters. The number of aryl methyl sites for hydroxylation is 1. The van der Waals surface area contributed by atoms with Crippen LogP contribution in [-0.4, -0.2) is 206 Å². The van der Waals surface area contributed by atoms with Crippen LogP contribution in [0.25, 0.3) is 0 Å². The van der Waals surface area contributed by atoms with E-state index in [2.05, 4.69) is 49.3 Å². The monoisotopic (exact) mass is 1950 g/mol. The number of hydrogen-bond acceptors (Lipinski definition) is 18. The number of rotatable bonds is 28. The minimum absolute atomic E-state index is 0.0679. The first-order valence-corrected chi connectivity index (χ1v) is 51.4. The van der Waals surface area contributed by atoms with Crippen LogP contribution in [0.2, 0.25) is 0 Å². The summed E-state index contributed by atoms with van der Waals surface area (Å²) in [7, 11) is 0. The van der Waals surface area contributed by atoms with E-state index in [0.29, 0.717) is 135 Å². The number of alkyl halides is 1. The molecule has 32 heteroatoms. The molecule has 6 saturated carbocycles. The molecule has 0 saturated heterocycles. The Hall–Kier alpha value is -13.9. The molecule has 6 aliphatic carbocycles. The first-order valence-electron chi connectivity index (χ1n) is 51.4. The molecule has 0 bridgehead atoms. The van der Waals surface area contributed by atoms with Gasteiger partial charge in [-0.2, -0.15) is 30.6 Å². The Morgan fingerprint density at radius 2 is 0.657 bits per heavy atom. The number of hydrogen-bond donors (Lipinski definition) is 0. The van der Waals surface area contributed by atoms with Gasteiger partial charge in [-0.15, -0.1) is 0 Å². The average molecular weight is 1950 g/mol. The third-order valence-corrected chi connectivity index (χ3v) is 29.2. The number of amides is 6. The zero-order valence-corrected chi connectivity index (χ0v) is 82.1. The predicted molar refractivity (Wildman–Crippen MR) is 532 cm³/mol. The number of carbonyl (C=O) groups excluding carboxylic acids is 6. The molecule has 30 nitrogen and oxygen atoms in total. The summed E-state index contributed by atoms with van der Waals surface area (Å²) in [4.78, 5) is 88.2. The fourth-order valence-electron chi connectivity index (χ4n) is 20.4. The average Bonchev–Trinajstić information content (AvgIpc) is 1.60. The van der Waals surface area contributed by atoms with E-state index >= 15 is 0 Å². The molecule has 6 fully saturated rings. The van der Waals surface area contributed by atoms with Crippen LogP contribution in [0.3, 0.4) is 0 Å². The lowest BCUT2D eigenvalue weighted by atomic mass is 9.84. The van der Waals surface area contributed by atoms with Crippen LogP contribution >= 0.6 is 0 Å². The highest BCUT2D eigenvalue weighted by Crippen LogP contribution is 2.48. The maximum Gasteiger partial charge on any atom is 0.272 e. The molecule has 0 spiro atoms. The van der Waals surface area contributed by atoms with Crippen molar-refractivity contribution in [2.45, 2.75) is 245 Å². The Bertz CT molecular complexity index is 6290. The smallest absolute Gasteiger partial charge is 0.272 e. The highest BCUT2D eigenvalue weighted by Gasteiger charge is 2.52. The summed E-state index contributed by atoms with van der Waals surface area (Å²) in [6.07, 6.45) is 22.5. The van der Waals surface area contributed by atoms with Crippen molar-refractivity contribution in [1.82, 2.24) is 88.1 Å². The fourth-order valence-corrected chi connectivity index (χ4v) is 20.4. The van der Waals surface area contributed by atoms with Gasteiger partial charge in [0, 0.05) is 95.6 Å². The van der Waals surface area contributed by atoms with Crippen molar-refractivity contribution in [2.75, 3.05) is 58.9 Å². The zero-order valence-electron chi connectivity index (χ0n) is 82.1. The first-order chi connectivity index (χ1) is 69.7. The van der Waals surface area contributed by atoms with Crippen molar-refractivity contribution in [3.63, 3.8) is 0 Å². The van der Waals surface area contributed by atoms with Gasteiger partial charge in [-0.25, -0.2) is 8.78 Å². The van der Waals surface area contributed by atoms with Crippen LogP contribution < -0.4 is 28.4 Å².